The van der Waals surface area contributed by atoms with E-state index in [9.17, 15) is 19.5 Å². The zero-order chi connectivity index (χ0) is 22.3. The lowest BCUT2D eigenvalue weighted by molar-refractivity contribution is -0.138. The average Bonchev–Trinajstić information content (AvgIpc) is 2.71. The maximum atomic E-state index is 13.2. The van der Waals surface area contributed by atoms with Crippen LogP contribution in [-0.4, -0.2) is 40.7 Å². The highest BCUT2D eigenvalue weighted by molar-refractivity contribution is 9.11. The molecule has 31 heavy (non-hydrogen) atoms. The van der Waals surface area contributed by atoms with E-state index in [1.807, 2.05) is 19.1 Å². The number of Topliss-reactive ketones (excluding diaryl/α,β-unsaturated/α-hetero) is 2. The van der Waals surface area contributed by atoms with E-state index in [-0.39, 0.29) is 18.1 Å². The second-order valence-electron chi connectivity index (χ2n) is 7.93. The Morgan fingerprint density at radius 3 is 2.00 bits per heavy atom. The van der Waals surface area contributed by atoms with E-state index in [2.05, 4.69) is 31.9 Å². The summed E-state index contributed by atoms with van der Waals surface area (Å²) in [7, 11) is 0. The minimum absolute atomic E-state index is 0.00677. The molecule has 2 aliphatic carbocycles. The Bertz CT molecular complexity index is 975. The van der Waals surface area contributed by atoms with Gasteiger partial charge >= 0.3 is 5.97 Å². The van der Waals surface area contributed by atoms with Gasteiger partial charge in [-0.3, -0.25) is 14.4 Å². The molecule has 0 bridgehead atoms. The maximum absolute atomic E-state index is 13.2. The number of carbonyl (C=O) groups excluding carboxylic acids is 2. The van der Waals surface area contributed by atoms with Gasteiger partial charge in [-0.15, -0.1) is 0 Å². The summed E-state index contributed by atoms with van der Waals surface area (Å²) in [6, 6.07) is 3.82. The van der Waals surface area contributed by atoms with Crippen molar-refractivity contribution in [3.63, 3.8) is 0 Å². The van der Waals surface area contributed by atoms with E-state index in [1.54, 1.807) is 4.90 Å². The summed E-state index contributed by atoms with van der Waals surface area (Å²) in [5.74, 6) is -0.804. The number of ketones is 2. The van der Waals surface area contributed by atoms with Crippen LogP contribution in [0.25, 0.3) is 0 Å². The van der Waals surface area contributed by atoms with Crippen LogP contribution in [0.2, 0.25) is 0 Å². The standard InChI is InChI=1S/C23H23Br2NO5/c1-2-31-23-13(24)9-12(10-14(23)25)20-21-15(5-3-7-17(21)27)26(11-19(29)30)16-6-4-8-18(28)22(16)20/h9-10,20H,2-8,11H2,1H3,(H,29,30). The number of aliphatic carboxylic acids is 1. The van der Waals surface area contributed by atoms with Crippen molar-refractivity contribution in [2.75, 3.05) is 13.2 Å². The topological polar surface area (TPSA) is 83.9 Å². The number of carboxylic acid groups (broad SMARTS) is 1. The van der Waals surface area contributed by atoms with E-state index < -0.39 is 11.9 Å². The number of halogens is 2. The normalized spacial score (nSPS) is 19.5. The van der Waals surface area contributed by atoms with Crippen molar-refractivity contribution >= 4 is 49.4 Å². The van der Waals surface area contributed by atoms with Gasteiger partial charge in [0, 0.05) is 41.3 Å². The van der Waals surface area contributed by atoms with E-state index in [4.69, 9.17) is 4.74 Å². The first kappa shape index (κ1) is 22.3. The summed E-state index contributed by atoms with van der Waals surface area (Å²) < 4.78 is 7.18. The highest BCUT2D eigenvalue weighted by Crippen LogP contribution is 2.50. The second-order valence-corrected chi connectivity index (χ2v) is 9.64. The van der Waals surface area contributed by atoms with Gasteiger partial charge in [-0.25, -0.2) is 0 Å². The number of benzene rings is 1. The fourth-order valence-electron chi connectivity index (χ4n) is 4.90. The third-order valence-corrected chi connectivity index (χ3v) is 7.20. The third-order valence-electron chi connectivity index (χ3n) is 6.02. The first-order chi connectivity index (χ1) is 14.8. The van der Waals surface area contributed by atoms with Crippen molar-refractivity contribution in [3.8, 4) is 5.75 Å². The third kappa shape index (κ3) is 4.00. The van der Waals surface area contributed by atoms with Gasteiger partial charge in [-0.2, -0.15) is 0 Å². The van der Waals surface area contributed by atoms with E-state index in [0.29, 0.717) is 62.0 Å². The molecule has 4 rings (SSSR count). The monoisotopic (exact) mass is 551 g/mol. The lowest BCUT2D eigenvalue weighted by Crippen LogP contribution is -2.41. The number of ether oxygens (including phenoxy) is 1. The zero-order valence-electron chi connectivity index (χ0n) is 17.2. The molecule has 3 aliphatic rings. The summed E-state index contributed by atoms with van der Waals surface area (Å²) >= 11 is 7.14. The number of hydrogen-bond donors (Lipinski definition) is 1. The molecule has 8 heteroatoms. The van der Waals surface area contributed by atoms with Gasteiger partial charge in [-0.1, -0.05) is 0 Å². The first-order valence-corrected chi connectivity index (χ1v) is 12.1. The molecule has 0 radical (unpaired) electrons. The molecule has 1 N–H and O–H groups in total. The smallest absolute Gasteiger partial charge is 0.323 e. The van der Waals surface area contributed by atoms with Crippen LogP contribution in [0.5, 0.6) is 5.75 Å². The van der Waals surface area contributed by atoms with Crippen LogP contribution in [0.4, 0.5) is 0 Å². The summed E-state index contributed by atoms with van der Waals surface area (Å²) in [5, 5.41) is 9.53. The molecule has 0 aromatic heterocycles. The second kappa shape index (κ2) is 8.90. The van der Waals surface area contributed by atoms with Crippen molar-refractivity contribution in [3.05, 3.63) is 49.2 Å². The molecule has 6 nitrogen and oxygen atoms in total. The predicted molar refractivity (Wildman–Crippen MR) is 122 cm³/mol. The van der Waals surface area contributed by atoms with Crippen LogP contribution in [-0.2, 0) is 14.4 Å². The average molecular weight is 553 g/mol. The molecular formula is C23H23Br2NO5. The minimum Gasteiger partial charge on any atom is -0.492 e. The molecule has 0 saturated heterocycles. The van der Waals surface area contributed by atoms with Crippen LogP contribution in [0.1, 0.15) is 56.9 Å². The Morgan fingerprint density at radius 1 is 1.03 bits per heavy atom. The molecule has 1 aliphatic heterocycles. The van der Waals surface area contributed by atoms with Crippen LogP contribution >= 0.6 is 31.9 Å². The fourth-order valence-corrected chi connectivity index (χ4v) is 6.36. The number of allylic oxidation sites excluding steroid dienone is 4. The quantitative estimate of drug-likeness (QED) is 0.546. The fraction of sp³-hybridized carbons (Fsp3) is 0.435. The highest BCUT2D eigenvalue weighted by Gasteiger charge is 2.43. The highest BCUT2D eigenvalue weighted by atomic mass is 79.9. The van der Waals surface area contributed by atoms with Crippen molar-refractivity contribution in [1.29, 1.82) is 0 Å². The lowest BCUT2D eigenvalue weighted by atomic mass is 9.71. The maximum Gasteiger partial charge on any atom is 0.323 e. The number of carboxylic acids is 1. The lowest BCUT2D eigenvalue weighted by Gasteiger charge is -2.43. The Labute approximate surface area is 197 Å². The summed E-state index contributed by atoms with van der Waals surface area (Å²) in [4.78, 5) is 39.7. The van der Waals surface area contributed by atoms with Crippen LogP contribution in [0, 0.1) is 0 Å². The minimum atomic E-state index is -0.972. The van der Waals surface area contributed by atoms with Gasteiger partial charge in [0.1, 0.15) is 12.3 Å². The molecule has 1 aromatic carbocycles. The van der Waals surface area contributed by atoms with Gasteiger partial charge in [0.25, 0.3) is 0 Å². The van der Waals surface area contributed by atoms with E-state index in [1.165, 1.54) is 0 Å². The largest absolute Gasteiger partial charge is 0.492 e. The molecule has 164 valence electrons. The number of nitrogens with zero attached hydrogens (tertiary/aromatic N) is 1. The molecule has 1 heterocycles. The van der Waals surface area contributed by atoms with Crippen LogP contribution < -0.4 is 4.74 Å². The Kier molecular flexibility index (Phi) is 6.40. The summed E-state index contributed by atoms with van der Waals surface area (Å²) in [6.07, 6.45) is 3.46. The first-order valence-electron chi connectivity index (χ1n) is 10.5. The Hall–Kier alpha value is -1.93. The van der Waals surface area contributed by atoms with Crippen LogP contribution in [0.3, 0.4) is 0 Å². The Balaban J connectivity index is 1.95. The zero-order valence-corrected chi connectivity index (χ0v) is 20.3. The predicted octanol–water partition coefficient (Wildman–Crippen LogP) is 5.11. The molecule has 0 saturated carbocycles. The molecule has 0 amide bonds. The number of hydrogen-bond acceptors (Lipinski definition) is 5. The summed E-state index contributed by atoms with van der Waals surface area (Å²) in [5.41, 5.74) is 3.49. The SMILES string of the molecule is CCOc1c(Br)cc(C2C3=C(CCCC3=O)N(CC(=O)O)C3=C2C(=O)CCC3)cc1Br. The van der Waals surface area contributed by atoms with Crippen molar-refractivity contribution in [2.24, 2.45) is 0 Å². The van der Waals surface area contributed by atoms with E-state index >= 15 is 0 Å². The molecule has 0 atom stereocenters. The Morgan fingerprint density at radius 2 is 1.55 bits per heavy atom. The molecule has 0 unspecified atom stereocenters. The molecular weight excluding hydrogens is 530 g/mol. The molecule has 0 fully saturated rings. The van der Waals surface area contributed by atoms with Gasteiger partial charge in [0.15, 0.2) is 11.6 Å². The number of carbonyl (C=O) groups is 3. The molecule has 1 aromatic rings. The number of rotatable bonds is 5. The van der Waals surface area contributed by atoms with Gasteiger partial charge in [0.05, 0.1) is 15.6 Å². The van der Waals surface area contributed by atoms with Gasteiger partial charge < -0.3 is 14.7 Å². The van der Waals surface area contributed by atoms with Crippen LogP contribution in [0.15, 0.2) is 43.6 Å². The summed E-state index contributed by atoms with van der Waals surface area (Å²) in [6.45, 7) is 2.17. The van der Waals surface area contributed by atoms with Crippen molar-refractivity contribution in [1.82, 2.24) is 4.90 Å². The van der Waals surface area contributed by atoms with Crippen molar-refractivity contribution in [2.45, 2.75) is 51.4 Å². The van der Waals surface area contributed by atoms with E-state index in [0.717, 1.165) is 25.9 Å². The van der Waals surface area contributed by atoms with Gasteiger partial charge in [0.2, 0.25) is 0 Å². The molecule has 0 spiro atoms. The van der Waals surface area contributed by atoms with Crippen molar-refractivity contribution < 1.29 is 24.2 Å². The van der Waals surface area contributed by atoms with Gasteiger partial charge in [-0.05, 0) is 82.2 Å².